The van der Waals surface area contributed by atoms with E-state index < -0.39 is 0 Å². The molecule has 2 amide bonds. The van der Waals surface area contributed by atoms with Gasteiger partial charge < -0.3 is 10.6 Å². The molecule has 1 aliphatic rings. The van der Waals surface area contributed by atoms with E-state index in [0.717, 1.165) is 38.0 Å². The van der Waals surface area contributed by atoms with Crippen molar-refractivity contribution in [3.8, 4) is 11.8 Å². The minimum absolute atomic E-state index is 0.131. The molecule has 4 heteroatoms. The molecule has 1 heterocycles. The van der Waals surface area contributed by atoms with Gasteiger partial charge in [-0.1, -0.05) is 60.4 Å². The summed E-state index contributed by atoms with van der Waals surface area (Å²) in [6.07, 6.45) is 1.96. The second-order valence-corrected chi connectivity index (χ2v) is 6.53. The van der Waals surface area contributed by atoms with Gasteiger partial charge in [0.05, 0.1) is 6.54 Å². The van der Waals surface area contributed by atoms with E-state index in [-0.39, 0.29) is 12.1 Å². The zero-order valence-electron chi connectivity index (χ0n) is 14.9. The molecule has 0 spiro atoms. The third-order valence-electron chi connectivity index (χ3n) is 4.52. The molecule has 1 fully saturated rings. The van der Waals surface area contributed by atoms with E-state index in [0.29, 0.717) is 6.54 Å². The monoisotopic (exact) mass is 347 g/mol. The number of nitrogens with one attached hydrogen (secondary N) is 2. The molecule has 26 heavy (non-hydrogen) atoms. The maximum atomic E-state index is 12.0. The molecule has 0 aromatic heterocycles. The third-order valence-corrected chi connectivity index (χ3v) is 4.52. The van der Waals surface area contributed by atoms with E-state index in [1.165, 1.54) is 5.56 Å². The second-order valence-electron chi connectivity index (χ2n) is 6.53. The highest BCUT2D eigenvalue weighted by Crippen LogP contribution is 2.13. The predicted molar refractivity (Wildman–Crippen MR) is 105 cm³/mol. The van der Waals surface area contributed by atoms with Crippen molar-refractivity contribution >= 4 is 6.03 Å². The Bertz CT molecular complexity index is 741. The van der Waals surface area contributed by atoms with Crippen molar-refractivity contribution in [2.24, 2.45) is 0 Å². The van der Waals surface area contributed by atoms with Gasteiger partial charge in [0.2, 0.25) is 0 Å². The molecule has 2 N–H and O–H groups in total. The Balaban J connectivity index is 1.34. The Hall–Kier alpha value is -2.77. The lowest BCUT2D eigenvalue weighted by atomic mass is 10.0. The van der Waals surface area contributed by atoms with Crippen molar-refractivity contribution in [2.75, 3.05) is 19.6 Å². The molecule has 1 aliphatic heterocycles. The van der Waals surface area contributed by atoms with Crippen molar-refractivity contribution in [3.63, 3.8) is 0 Å². The number of rotatable bonds is 4. The van der Waals surface area contributed by atoms with E-state index in [9.17, 15) is 4.79 Å². The Morgan fingerprint density at radius 2 is 1.65 bits per heavy atom. The summed E-state index contributed by atoms with van der Waals surface area (Å²) >= 11 is 0. The van der Waals surface area contributed by atoms with E-state index >= 15 is 0 Å². The smallest absolute Gasteiger partial charge is 0.315 e. The van der Waals surface area contributed by atoms with Crippen molar-refractivity contribution in [3.05, 3.63) is 71.8 Å². The fourth-order valence-electron chi connectivity index (χ4n) is 3.11. The molecule has 134 valence electrons. The third kappa shape index (κ3) is 5.94. The predicted octanol–water partition coefficient (Wildman–Crippen LogP) is 3.00. The highest BCUT2D eigenvalue weighted by Gasteiger charge is 2.20. The molecule has 3 rings (SSSR count). The number of urea groups is 1. The Morgan fingerprint density at radius 1 is 1.00 bits per heavy atom. The Kier molecular flexibility index (Phi) is 6.69. The van der Waals surface area contributed by atoms with Gasteiger partial charge in [0.15, 0.2) is 0 Å². The molecule has 0 radical (unpaired) electrons. The lowest BCUT2D eigenvalue weighted by molar-refractivity contribution is 0.187. The number of amides is 2. The number of carbonyl (C=O) groups is 1. The van der Waals surface area contributed by atoms with Gasteiger partial charge in [-0.2, -0.15) is 0 Å². The van der Waals surface area contributed by atoms with Crippen LogP contribution in [0.25, 0.3) is 0 Å². The number of hydrogen-bond acceptors (Lipinski definition) is 2. The number of nitrogens with zero attached hydrogens (tertiary/aromatic N) is 1. The highest BCUT2D eigenvalue weighted by atomic mass is 16.2. The maximum Gasteiger partial charge on any atom is 0.315 e. The van der Waals surface area contributed by atoms with Crippen LogP contribution in [0.15, 0.2) is 60.7 Å². The van der Waals surface area contributed by atoms with Crippen LogP contribution in [0.3, 0.4) is 0 Å². The number of piperidine rings is 1. The molecule has 2 aromatic rings. The number of hydrogen-bond donors (Lipinski definition) is 2. The highest BCUT2D eigenvalue weighted by molar-refractivity contribution is 5.74. The summed E-state index contributed by atoms with van der Waals surface area (Å²) in [5.74, 6) is 6.01. The summed E-state index contributed by atoms with van der Waals surface area (Å²) in [5, 5.41) is 5.87. The first-order chi connectivity index (χ1) is 12.8. The Morgan fingerprint density at radius 3 is 2.35 bits per heavy atom. The molecule has 0 unspecified atom stereocenters. The van der Waals surface area contributed by atoms with E-state index in [1.54, 1.807) is 0 Å². The minimum atomic E-state index is -0.131. The van der Waals surface area contributed by atoms with Crippen LogP contribution in [-0.2, 0) is 6.54 Å². The lowest BCUT2D eigenvalue weighted by Crippen LogP contribution is -2.47. The van der Waals surface area contributed by atoms with E-state index in [2.05, 4.69) is 51.6 Å². The van der Waals surface area contributed by atoms with Crippen LogP contribution < -0.4 is 10.6 Å². The molecule has 0 aliphatic carbocycles. The number of benzene rings is 2. The van der Waals surface area contributed by atoms with E-state index in [1.807, 2.05) is 36.4 Å². The second kappa shape index (κ2) is 9.65. The average Bonchev–Trinajstić information content (AvgIpc) is 2.68. The van der Waals surface area contributed by atoms with Crippen molar-refractivity contribution in [1.82, 2.24) is 15.5 Å². The summed E-state index contributed by atoms with van der Waals surface area (Å²) in [7, 11) is 0. The van der Waals surface area contributed by atoms with Crippen LogP contribution in [0.1, 0.15) is 24.0 Å². The van der Waals surface area contributed by atoms with Gasteiger partial charge in [0, 0.05) is 31.2 Å². The SMILES string of the molecule is O=C(NCC#Cc1ccccc1)NC1CCN(Cc2ccccc2)CC1. The Labute approximate surface area is 155 Å². The maximum absolute atomic E-state index is 12.0. The molecule has 1 saturated heterocycles. The van der Waals surface area contributed by atoms with Crippen LogP contribution in [0.5, 0.6) is 0 Å². The zero-order valence-corrected chi connectivity index (χ0v) is 14.9. The number of likely N-dealkylation sites (tertiary alicyclic amines) is 1. The minimum Gasteiger partial charge on any atom is -0.335 e. The fourth-order valence-corrected chi connectivity index (χ4v) is 3.11. The molecule has 0 bridgehead atoms. The van der Waals surface area contributed by atoms with Gasteiger partial charge in [0.1, 0.15) is 0 Å². The first-order valence-corrected chi connectivity index (χ1v) is 9.14. The first-order valence-electron chi connectivity index (χ1n) is 9.14. The van der Waals surface area contributed by atoms with Crippen LogP contribution in [-0.4, -0.2) is 36.6 Å². The summed E-state index contributed by atoms with van der Waals surface area (Å²) in [6.45, 7) is 3.35. The van der Waals surface area contributed by atoms with Crippen LogP contribution in [0, 0.1) is 11.8 Å². The van der Waals surface area contributed by atoms with Crippen LogP contribution in [0.2, 0.25) is 0 Å². The average molecular weight is 347 g/mol. The van der Waals surface area contributed by atoms with Crippen molar-refractivity contribution < 1.29 is 4.79 Å². The standard InChI is InChI=1S/C22H25N3O/c26-22(23-15-7-12-19-8-3-1-4-9-19)24-21-13-16-25(17-14-21)18-20-10-5-2-6-11-20/h1-6,8-11,21H,13-18H2,(H2,23,24,26). The van der Waals surface area contributed by atoms with Crippen LogP contribution in [0.4, 0.5) is 4.79 Å². The van der Waals surface area contributed by atoms with Gasteiger partial charge in [-0.05, 0) is 30.5 Å². The van der Waals surface area contributed by atoms with Crippen molar-refractivity contribution in [1.29, 1.82) is 0 Å². The summed E-state index contributed by atoms with van der Waals surface area (Å²) in [4.78, 5) is 14.4. The fraction of sp³-hybridized carbons (Fsp3) is 0.318. The summed E-state index contributed by atoms with van der Waals surface area (Å²) in [5.41, 5.74) is 2.30. The summed E-state index contributed by atoms with van der Waals surface area (Å²) < 4.78 is 0. The van der Waals surface area contributed by atoms with Crippen LogP contribution >= 0.6 is 0 Å². The summed E-state index contributed by atoms with van der Waals surface area (Å²) in [6, 6.07) is 20.4. The molecule has 0 atom stereocenters. The van der Waals surface area contributed by atoms with Gasteiger partial charge >= 0.3 is 6.03 Å². The topological polar surface area (TPSA) is 44.4 Å². The molecule has 0 saturated carbocycles. The quantitative estimate of drug-likeness (QED) is 0.835. The molecular weight excluding hydrogens is 322 g/mol. The van der Waals surface area contributed by atoms with Gasteiger partial charge in [-0.3, -0.25) is 4.90 Å². The van der Waals surface area contributed by atoms with Gasteiger partial charge in [-0.15, -0.1) is 0 Å². The number of carbonyl (C=O) groups excluding carboxylic acids is 1. The molecular formula is C22H25N3O. The van der Waals surface area contributed by atoms with Gasteiger partial charge in [-0.25, -0.2) is 4.79 Å². The normalized spacial score (nSPS) is 14.9. The zero-order chi connectivity index (χ0) is 18.0. The largest absolute Gasteiger partial charge is 0.335 e. The first kappa shape index (κ1) is 18.0. The van der Waals surface area contributed by atoms with E-state index in [4.69, 9.17) is 0 Å². The molecule has 2 aromatic carbocycles. The van der Waals surface area contributed by atoms with Gasteiger partial charge in [0.25, 0.3) is 0 Å². The lowest BCUT2D eigenvalue weighted by Gasteiger charge is -2.32. The molecule has 4 nitrogen and oxygen atoms in total. The van der Waals surface area contributed by atoms with Crippen molar-refractivity contribution in [2.45, 2.75) is 25.4 Å².